The van der Waals surface area contributed by atoms with E-state index in [4.69, 9.17) is 0 Å². The average Bonchev–Trinajstić information content (AvgIpc) is 3.39. The number of hydrogen-bond donors (Lipinski definition) is 0. The molecule has 160 valence electrons. The maximum atomic E-state index is 13.0. The number of likely N-dealkylation sites (tertiary alicyclic amines) is 1. The lowest BCUT2D eigenvalue weighted by Crippen LogP contribution is -2.47. The summed E-state index contributed by atoms with van der Waals surface area (Å²) in [5.74, 6) is 0.129. The number of nitriles is 1. The number of thiophene rings is 1. The molecule has 0 aliphatic carbocycles. The van der Waals surface area contributed by atoms with Crippen LogP contribution in [0.5, 0.6) is 0 Å². The van der Waals surface area contributed by atoms with Crippen molar-refractivity contribution in [1.82, 2.24) is 14.7 Å². The van der Waals surface area contributed by atoms with Gasteiger partial charge in [-0.05, 0) is 63.3 Å². The van der Waals surface area contributed by atoms with Gasteiger partial charge >= 0.3 is 0 Å². The number of carbonyl (C=O) groups is 1. The van der Waals surface area contributed by atoms with Crippen molar-refractivity contribution in [3.05, 3.63) is 17.0 Å². The minimum Gasteiger partial charge on any atom is -0.305 e. The van der Waals surface area contributed by atoms with Crippen molar-refractivity contribution < 1.29 is 4.79 Å². The monoisotopic (exact) mass is 417 g/mol. The topological polar surface area (TPSA) is 53.8 Å². The maximum absolute atomic E-state index is 13.0. The van der Waals surface area contributed by atoms with Crippen LogP contribution >= 0.6 is 11.3 Å². The zero-order valence-electron chi connectivity index (χ0n) is 18.4. The van der Waals surface area contributed by atoms with Gasteiger partial charge in [-0.25, -0.2) is 0 Å². The molecule has 0 unspecified atom stereocenters. The standard InChI is InChI=1S/C22H35N5OS/c1-22(2,16-24(3)12-13-26-9-5-6-10-26)17-25(4)19-7-11-27(20(19)28)21-18(15-23)8-14-29-21/h8,14,19H,5-7,9-13,16-17H2,1-4H3/t19-/m0/s1. The van der Waals surface area contributed by atoms with E-state index in [2.05, 4.69) is 48.7 Å². The Hall–Kier alpha value is -1.46. The summed E-state index contributed by atoms with van der Waals surface area (Å²) < 4.78 is 0. The number of carbonyl (C=O) groups excluding carboxylic acids is 1. The summed E-state index contributed by atoms with van der Waals surface area (Å²) in [7, 11) is 4.28. The molecule has 7 heteroatoms. The van der Waals surface area contributed by atoms with E-state index in [1.807, 2.05) is 5.38 Å². The molecule has 29 heavy (non-hydrogen) atoms. The third-order valence-corrected chi connectivity index (χ3v) is 7.03. The van der Waals surface area contributed by atoms with Crippen LogP contribution in [0.15, 0.2) is 11.4 Å². The van der Waals surface area contributed by atoms with Gasteiger partial charge in [0.05, 0.1) is 11.6 Å². The van der Waals surface area contributed by atoms with Gasteiger partial charge in [0.25, 0.3) is 0 Å². The summed E-state index contributed by atoms with van der Waals surface area (Å²) in [6, 6.07) is 3.90. The molecule has 0 aromatic carbocycles. The Kier molecular flexibility index (Phi) is 7.33. The SMILES string of the molecule is CN(CCN1CCCC1)CC(C)(C)CN(C)[C@H]1CCN(c2sccc2C#N)C1=O. The smallest absolute Gasteiger partial charge is 0.245 e. The number of anilines is 1. The predicted octanol–water partition coefficient (Wildman–Crippen LogP) is 2.71. The lowest BCUT2D eigenvalue weighted by atomic mass is 9.91. The first-order valence-corrected chi connectivity index (χ1v) is 11.6. The molecule has 6 nitrogen and oxygen atoms in total. The Bertz CT molecular complexity index is 734. The van der Waals surface area contributed by atoms with E-state index < -0.39 is 0 Å². The second-order valence-electron chi connectivity index (χ2n) is 9.41. The predicted molar refractivity (Wildman–Crippen MR) is 119 cm³/mol. The molecular weight excluding hydrogens is 382 g/mol. The van der Waals surface area contributed by atoms with Crippen molar-refractivity contribution >= 4 is 22.2 Å². The van der Waals surface area contributed by atoms with E-state index in [9.17, 15) is 10.1 Å². The van der Waals surface area contributed by atoms with E-state index in [1.165, 1.54) is 37.3 Å². The lowest BCUT2D eigenvalue weighted by molar-refractivity contribution is -0.121. The third kappa shape index (κ3) is 5.58. The molecule has 2 aliphatic heterocycles. The molecule has 1 aromatic heterocycles. The minimum absolute atomic E-state index is 0.0992. The van der Waals surface area contributed by atoms with Crippen LogP contribution in [-0.4, -0.2) is 86.6 Å². The highest BCUT2D eigenvalue weighted by Gasteiger charge is 2.38. The first-order valence-electron chi connectivity index (χ1n) is 10.7. The molecule has 0 spiro atoms. The second kappa shape index (κ2) is 9.57. The normalized spacial score (nSPS) is 20.9. The zero-order chi connectivity index (χ0) is 21.0. The summed E-state index contributed by atoms with van der Waals surface area (Å²) in [5, 5.41) is 12.0. The largest absolute Gasteiger partial charge is 0.305 e. The van der Waals surface area contributed by atoms with Gasteiger partial charge in [0, 0.05) is 32.7 Å². The first-order chi connectivity index (χ1) is 13.8. The van der Waals surface area contributed by atoms with Crippen molar-refractivity contribution in [2.45, 2.75) is 39.2 Å². The highest BCUT2D eigenvalue weighted by atomic mass is 32.1. The zero-order valence-corrected chi connectivity index (χ0v) is 19.2. The molecule has 2 saturated heterocycles. The number of hydrogen-bond acceptors (Lipinski definition) is 6. The Labute approximate surface area is 179 Å². The van der Waals surface area contributed by atoms with Gasteiger partial charge in [0.1, 0.15) is 11.1 Å². The van der Waals surface area contributed by atoms with Crippen molar-refractivity contribution in [3.8, 4) is 6.07 Å². The molecule has 2 aliphatic rings. The summed E-state index contributed by atoms with van der Waals surface area (Å²) in [6.45, 7) is 11.9. The summed E-state index contributed by atoms with van der Waals surface area (Å²) in [5.41, 5.74) is 0.703. The Morgan fingerprint density at radius 2 is 1.97 bits per heavy atom. The highest BCUT2D eigenvalue weighted by Crippen LogP contribution is 2.32. The summed E-state index contributed by atoms with van der Waals surface area (Å²) >= 11 is 1.48. The molecule has 3 heterocycles. The van der Waals surface area contributed by atoms with Gasteiger partial charge in [-0.2, -0.15) is 5.26 Å². The molecule has 1 aromatic rings. The number of rotatable bonds is 9. The molecular formula is C22H35N5OS. The van der Waals surface area contributed by atoms with Gasteiger partial charge in [0.2, 0.25) is 5.91 Å². The van der Waals surface area contributed by atoms with Crippen molar-refractivity contribution in [3.63, 3.8) is 0 Å². The fourth-order valence-electron chi connectivity index (χ4n) is 4.83. The third-order valence-electron chi connectivity index (χ3n) is 6.09. The Morgan fingerprint density at radius 1 is 1.24 bits per heavy atom. The van der Waals surface area contributed by atoms with Crippen molar-refractivity contribution in [1.29, 1.82) is 5.26 Å². The molecule has 0 bridgehead atoms. The average molecular weight is 418 g/mol. The van der Waals surface area contributed by atoms with Crippen LogP contribution in [0.3, 0.4) is 0 Å². The lowest BCUT2D eigenvalue weighted by Gasteiger charge is -2.36. The van der Waals surface area contributed by atoms with Gasteiger partial charge in [-0.15, -0.1) is 11.3 Å². The van der Waals surface area contributed by atoms with Gasteiger partial charge < -0.3 is 14.7 Å². The number of likely N-dealkylation sites (N-methyl/N-ethyl adjacent to an activating group) is 2. The Balaban J connectivity index is 1.51. The number of nitrogens with zero attached hydrogens (tertiary/aromatic N) is 5. The van der Waals surface area contributed by atoms with Crippen molar-refractivity contribution in [2.75, 3.05) is 64.8 Å². The number of amides is 1. The molecule has 2 fully saturated rings. The summed E-state index contributed by atoms with van der Waals surface area (Å²) in [6.07, 6.45) is 3.50. The van der Waals surface area contributed by atoms with E-state index in [1.54, 1.807) is 11.0 Å². The van der Waals surface area contributed by atoms with E-state index in [0.29, 0.717) is 12.1 Å². The van der Waals surface area contributed by atoms with Crippen LogP contribution in [0.2, 0.25) is 0 Å². The van der Waals surface area contributed by atoms with Gasteiger partial charge in [0.15, 0.2) is 0 Å². The summed E-state index contributed by atoms with van der Waals surface area (Å²) in [4.78, 5) is 22.0. The molecule has 3 rings (SSSR count). The van der Waals surface area contributed by atoms with Gasteiger partial charge in [-0.1, -0.05) is 13.8 Å². The first kappa shape index (κ1) is 22.2. The fraction of sp³-hybridized carbons (Fsp3) is 0.727. The van der Waals surface area contributed by atoms with Crippen molar-refractivity contribution in [2.24, 2.45) is 5.41 Å². The molecule has 0 radical (unpaired) electrons. The van der Waals surface area contributed by atoms with Crippen LogP contribution < -0.4 is 4.90 Å². The molecule has 0 saturated carbocycles. The quantitative estimate of drug-likeness (QED) is 0.618. The van der Waals surface area contributed by atoms with Crippen LogP contribution in [0.1, 0.15) is 38.7 Å². The fourth-order valence-corrected chi connectivity index (χ4v) is 5.72. The second-order valence-corrected chi connectivity index (χ2v) is 10.3. The molecule has 0 N–H and O–H groups in total. The van der Waals surface area contributed by atoms with E-state index in [0.717, 1.165) is 37.6 Å². The van der Waals surface area contributed by atoms with Gasteiger partial charge in [-0.3, -0.25) is 9.69 Å². The van der Waals surface area contributed by atoms with E-state index in [-0.39, 0.29) is 17.4 Å². The maximum Gasteiger partial charge on any atom is 0.245 e. The Morgan fingerprint density at radius 3 is 2.66 bits per heavy atom. The van der Waals surface area contributed by atoms with E-state index >= 15 is 0 Å². The van der Waals surface area contributed by atoms with Crippen LogP contribution in [0, 0.1) is 16.7 Å². The van der Waals surface area contributed by atoms with Crippen LogP contribution in [0.25, 0.3) is 0 Å². The molecule has 1 amide bonds. The van der Waals surface area contributed by atoms with Crippen LogP contribution in [-0.2, 0) is 4.79 Å². The highest BCUT2D eigenvalue weighted by molar-refractivity contribution is 7.14. The minimum atomic E-state index is -0.0992. The molecule has 1 atom stereocenters. The van der Waals surface area contributed by atoms with Crippen LogP contribution in [0.4, 0.5) is 5.00 Å².